The largest absolute Gasteiger partial charge is 0.461 e. The smallest absolute Gasteiger partial charge is 0.362 e. The third-order valence-electron chi connectivity index (χ3n) is 2.38. The molecule has 1 heterocycles. The van der Waals surface area contributed by atoms with Gasteiger partial charge in [0.15, 0.2) is 0 Å². The van der Waals surface area contributed by atoms with Crippen LogP contribution in [0.3, 0.4) is 0 Å². The van der Waals surface area contributed by atoms with Gasteiger partial charge in [-0.15, -0.1) is 0 Å². The van der Waals surface area contributed by atoms with Gasteiger partial charge in [-0.1, -0.05) is 18.2 Å². The van der Waals surface area contributed by atoms with Crippen molar-refractivity contribution in [1.82, 2.24) is 4.98 Å². The van der Waals surface area contributed by atoms with Crippen molar-refractivity contribution in [3.05, 3.63) is 36.0 Å². The highest BCUT2D eigenvalue weighted by Crippen LogP contribution is 2.28. The number of nitrogens with zero attached hydrogens (tertiary/aromatic N) is 2. The van der Waals surface area contributed by atoms with E-state index in [0.717, 1.165) is 5.56 Å². The molecule has 0 saturated heterocycles. The first-order chi connectivity index (χ1) is 9.61. The number of nitrogens with two attached hydrogens (primary N) is 1. The number of carbonyl (C=O) groups excluding carboxylic acids is 1. The van der Waals surface area contributed by atoms with E-state index in [0.29, 0.717) is 5.89 Å². The van der Waals surface area contributed by atoms with E-state index in [4.69, 9.17) is 14.9 Å². The molecule has 0 radical (unpaired) electrons. The molecule has 1 aromatic heterocycles. The van der Waals surface area contributed by atoms with Crippen LogP contribution in [-0.2, 0) is 4.74 Å². The quantitative estimate of drug-likeness (QED) is 0.525. The van der Waals surface area contributed by atoms with Gasteiger partial charge >= 0.3 is 5.97 Å². The third-order valence-corrected chi connectivity index (χ3v) is 2.38. The van der Waals surface area contributed by atoms with Gasteiger partial charge in [0.05, 0.1) is 12.4 Å². The van der Waals surface area contributed by atoms with Crippen LogP contribution >= 0.6 is 0 Å². The van der Waals surface area contributed by atoms with Gasteiger partial charge in [-0.3, -0.25) is 0 Å². The topological polar surface area (TPSA) is 90.7 Å². The number of hydrogen-bond acceptors (Lipinski definition) is 5. The molecule has 2 rings (SSSR count). The van der Waals surface area contributed by atoms with Gasteiger partial charge in [0.1, 0.15) is 0 Å². The Bertz CT molecular complexity index is 628. The van der Waals surface area contributed by atoms with Crippen LogP contribution < -0.4 is 5.73 Å². The Labute approximate surface area is 116 Å². The standard InChI is InChI=1S/C14H15N3O3/c1-3-19-14(18)11-13(16-9(2)15)20-12(17-11)10-7-5-4-6-8-10/h4-8H,3H2,1-2H3,(H2,15,16). The van der Waals surface area contributed by atoms with Gasteiger partial charge < -0.3 is 14.9 Å². The van der Waals surface area contributed by atoms with Gasteiger partial charge in [-0.05, 0) is 26.0 Å². The molecule has 6 heteroatoms. The molecule has 0 aliphatic heterocycles. The van der Waals surface area contributed by atoms with Crippen molar-refractivity contribution in [2.75, 3.05) is 6.61 Å². The highest BCUT2D eigenvalue weighted by molar-refractivity contribution is 5.93. The van der Waals surface area contributed by atoms with Gasteiger partial charge in [0.2, 0.25) is 11.6 Å². The predicted molar refractivity (Wildman–Crippen MR) is 74.9 cm³/mol. The van der Waals surface area contributed by atoms with Crippen LogP contribution in [0.1, 0.15) is 24.3 Å². The summed E-state index contributed by atoms with van der Waals surface area (Å²) in [4.78, 5) is 20.0. The third kappa shape index (κ3) is 3.03. The van der Waals surface area contributed by atoms with Crippen molar-refractivity contribution in [2.45, 2.75) is 13.8 Å². The van der Waals surface area contributed by atoms with Gasteiger partial charge in [0, 0.05) is 5.56 Å². The minimum Gasteiger partial charge on any atom is -0.461 e. The zero-order valence-corrected chi connectivity index (χ0v) is 11.3. The Morgan fingerprint density at radius 1 is 1.40 bits per heavy atom. The molecule has 2 N–H and O–H groups in total. The Morgan fingerprint density at radius 2 is 2.10 bits per heavy atom. The first-order valence-electron chi connectivity index (χ1n) is 6.16. The van der Waals surface area contributed by atoms with E-state index in [1.807, 2.05) is 30.3 Å². The summed E-state index contributed by atoms with van der Waals surface area (Å²) in [6.45, 7) is 3.56. The molecule has 0 bridgehead atoms. The molecule has 0 atom stereocenters. The maximum atomic E-state index is 11.8. The van der Waals surface area contributed by atoms with Gasteiger partial charge in [-0.25, -0.2) is 4.79 Å². The van der Waals surface area contributed by atoms with E-state index in [2.05, 4.69) is 9.98 Å². The molecular formula is C14H15N3O3. The average molecular weight is 273 g/mol. The lowest BCUT2D eigenvalue weighted by molar-refractivity contribution is 0.0521. The first kappa shape index (κ1) is 13.8. The summed E-state index contributed by atoms with van der Waals surface area (Å²) >= 11 is 0. The molecule has 0 aliphatic rings. The number of aliphatic imine (C=N–C) groups is 1. The zero-order valence-electron chi connectivity index (χ0n) is 11.3. The Balaban J connectivity index is 2.47. The summed E-state index contributed by atoms with van der Waals surface area (Å²) in [5, 5.41) is 0. The minimum absolute atomic E-state index is 0.0236. The normalized spacial score (nSPS) is 11.4. The molecule has 0 saturated carbocycles. The van der Waals surface area contributed by atoms with Crippen LogP contribution in [0.5, 0.6) is 0 Å². The van der Waals surface area contributed by atoms with Crippen molar-refractivity contribution >= 4 is 17.7 Å². The summed E-state index contributed by atoms with van der Waals surface area (Å²) in [6, 6.07) is 9.22. The molecule has 104 valence electrons. The van der Waals surface area contributed by atoms with E-state index in [9.17, 15) is 4.79 Å². The lowest BCUT2D eigenvalue weighted by Crippen LogP contribution is -2.07. The summed E-state index contributed by atoms with van der Waals surface area (Å²) in [5.41, 5.74) is 6.29. The number of benzene rings is 1. The monoisotopic (exact) mass is 273 g/mol. The number of hydrogen-bond donors (Lipinski definition) is 1. The minimum atomic E-state index is -0.585. The number of rotatable bonds is 4. The molecule has 0 spiro atoms. The number of esters is 1. The van der Waals surface area contributed by atoms with Gasteiger partial charge in [-0.2, -0.15) is 9.98 Å². The van der Waals surface area contributed by atoms with E-state index >= 15 is 0 Å². The second kappa shape index (κ2) is 6.01. The second-order valence-corrected chi connectivity index (χ2v) is 4.01. The van der Waals surface area contributed by atoms with Crippen molar-refractivity contribution in [1.29, 1.82) is 0 Å². The first-order valence-corrected chi connectivity index (χ1v) is 6.16. The Kier molecular flexibility index (Phi) is 4.14. The fraction of sp³-hybridized carbons (Fsp3) is 0.214. The second-order valence-electron chi connectivity index (χ2n) is 4.01. The number of ether oxygens (including phenoxy) is 1. The van der Waals surface area contributed by atoms with Crippen LogP contribution in [-0.4, -0.2) is 23.4 Å². The predicted octanol–water partition coefficient (Wildman–Crippen LogP) is 2.53. The van der Waals surface area contributed by atoms with E-state index in [1.54, 1.807) is 13.8 Å². The van der Waals surface area contributed by atoms with Crippen LogP contribution in [0.2, 0.25) is 0 Å². The molecule has 1 aromatic carbocycles. The van der Waals surface area contributed by atoms with E-state index in [-0.39, 0.29) is 24.0 Å². The van der Waals surface area contributed by atoms with E-state index < -0.39 is 5.97 Å². The van der Waals surface area contributed by atoms with E-state index in [1.165, 1.54) is 0 Å². The average Bonchev–Trinajstić information content (AvgIpc) is 2.83. The molecule has 6 nitrogen and oxygen atoms in total. The Hall–Kier alpha value is -2.63. The Morgan fingerprint density at radius 3 is 2.70 bits per heavy atom. The maximum absolute atomic E-state index is 11.8. The molecule has 0 unspecified atom stereocenters. The number of amidine groups is 1. The molecular weight excluding hydrogens is 258 g/mol. The fourth-order valence-corrected chi connectivity index (χ4v) is 1.58. The maximum Gasteiger partial charge on any atom is 0.362 e. The van der Waals surface area contributed by atoms with Crippen molar-refractivity contribution in [3.8, 4) is 11.5 Å². The van der Waals surface area contributed by atoms with Gasteiger partial charge in [0.25, 0.3) is 5.88 Å². The van der Waals surface area contributed by atoms with Crippen molar-refractivity contribution in [2.24, 2.45) is 10.7 Å². The highest BCUT2D eigenvalue weighted by Gasteiger charge is 2.21. The molecule has 20 heavy (non-hydrogen) atoms. The van der Waals surface area contributed by atoms with Crippen LogP contribution in [0.15, 0.2) is 39.7 Å². The highest BCUT2D eigenvalue weighted by atomic mass is 16.5. The number of aromatic nitrogens is 1. The zero-order chi connectivity index (χ0) is 14.5. The molecule has 2 aromatic rings. The summed E-state index contributed by atoms with van der Waals surface area (Å²) in [5.74, 6) is 0.0423. The molecule has 0 fully saturated rings. The van der Waals surface area contributed by atoms with Crippen molar-refractivity contribution in [3.63, 3.8) is 0 Å². The van der Waals surface area contributed by atoms with Crippen LogP contribution in [0.4, 0.5) is 5.88 Å². The molecule has 0 aliphatic carbocycles. The van der Waals surface area contributed by atoms with Crippen LogP contribution in [0.25, 0.3) is 11.5 Å². The number of oxazole rings is 1. The fourth-order valence-electron chi connectivity index (χ4n) is 1.58. The summed E-state index contributed by atoms with van der Waals surface area (Å²) in [7, 11) is 0. The SMILES string of the molecule is CCOC(=O)c1nc(-c2ccccc2)oc1N=C(C)N. The summed E-state index contributed by atoms with van der Waals surface area (Å²) < 4.78 is 10.4. The number of carbonyl (C=O) groups is 1. The lowest BCUT2D eigenvalue weighted by Gasteiger charge is -1.97. The van der Waals surface area contributed by atoms with Crippen LogP contribution in [0, 0.1) is 0 Å². The van der Waals surface area contributed by atoms with Crippen molar-refractivity contribution < 1.29 is 13.9 Å². The summed E-state index contributed by atoms with van der Waals surface area (Å²) in [6.07, 6.45) is 0. The molecule has 0 amide bonds. The lowest BCUT2D eigenvalue weighted by atomic mass is 10.2.